The number of thioether (sulfide) groups is 2. The van der Waals surface area contributed by atoms with Crippen molar-refractivity contribution in [1.82, 2.24) is 20.6 Å². The van der Waals surface area contributed by atoms with Crippen LogP contribution in [-0.4, -0.2) is 44.1 Å². The predicted molar refractivity (Wildman–Crippen MR) is 171 cm³/mol. The maximum atomic E-state index is 13.5. The Labute approximate surface area is 262 Å². The van der Waals surface area contributed by atoms with Gasteiger partial charge in [0.25, 0.3) is 11.8 Å². The highest BCUT2D eigenvalue weighted by atomic mass is 32.2. The van der Waals surface area contributed by atoms with Crippen molar-refractivity contribution in [3.63, 3.8) is 0 Å². The molecule has 2 N–H and O–H groups in total. The van der Waals surface area contributed by atoms with Crippen LogP contribution in [0.2, 0.25) is 0 Å². The lowest BCUT2D eigenvalue weighted by atomic mass is 10.1. The first-order valence-electron chi connectivity index (χ1n) is 13.5. The summed E-state index contributed by atoms with van der Waals surface area (Å²) in [6.07, 6.45) is 1.50. The number of Topliss-reactive ketones (excluding diaryl/α,β-unsaturated/α-hetero) is 2. The number of nitrogens with one attached hydrogen (secondary N) is 2. The maximum absolute atomic E-state index is 13.5. The van der Waals surface area contributed by atoms with E-state index in [9.17, 15) is 19.2 Å². The molecule has 0 aliphatic heterocycles. The molecule has 5 rings (SSSR count). The van der Waals surface area contributed by atoms with E-state index in [1.54, 1.807) is 127 Å². The molecule has 0 saturated heterocycles. The first kappa shape index (κ1) is 30.4. The molecule has 1 heterocycles. The number of aromatic nitrogens is 2. The number of benzene rings is 4. The van der Waals surface area contributed by atoms with E-state index in [0.29, 0.717) is 27.3 Å². The van der Waals surface area contributed by atoms with Gasteiger partial charge >= 0.3 is 0 Å². The quantitative estimate of drug-likeness (QED) is 0.0580. The lowest BCUT2D eigenvalue weighted by Gasteiger charge is -2.18. The van der Waals surface area contributed by atoms with Gasteiger partial charge in [0.1, 0.15) is 15.8 Å². The molecule has 1 aromatic heterocycles. The fraction of sp³-hybridized carbons (Fsp3) is 0.0588. The Morgan fingerprint density at radius 2 is 0.886 bits per heavy atom. The first-order chi connectivity index (χ1) is 21.5. The second-order valence-corrected chi connectivity index (χ2v) is 11.5. The summed E-state index contributed by atoms with van der Waals surface area (Å²) < 4.78 is 0. The number of nitrogens with zero attached hydrogens (tertiary/aromatic N) is 2. The topological polar surface area (TPSA) is 118 Å². The number of hydrogen-bond donors (Lipinski definition) is 2. The van der Waals surface area contributed by atoms with Crippen LogP contribution >= 0.6 is 23.5 Å². The molecule has 2 amide bonds. The zero-order valence-electron chi connectivity index (χ0n) is 23.2. The van der Waals surface area contributed by atoms with Crippen LogP contribution in [0.4, 0.5) is 0 Å². The molecule has 0 bridgehead atoms. The van der Waals surface area contributed by atoms with Crippen molar-refractivity contribution in [3.8, 4) is 0 Å². The van der Waals surface area contributed by atoms with Gasteiger partial charge in [-0.25, -0.2) is 9.97 Å². The molecule has 5 aromatic rings. The summed E-state index contributed by atoms with van der Waals surface area (Å²) in [5, 5.41) is 4.18. The van der Waals surface area contributed by atoms with Gasteiger partial charge in [-0.2, -0.15) is 0 Å². The number of carbonyl (C=O) groups excluding carboxylic acids is 4. The highest BCUT2D eigenvalue weighted by Gasteiger charge is 2.27. The standard InChI is InChI=1S/C34H26N4O4S2/c39-28(23-13-5-1-6-14-23)32(37-30(41)25-17-9-3-10-18-25)43-27-21-22-35-34(36-27)44-33(29(40)24-15-7-2-8-16-24)38-31(42)26-19-11-4-12-20-26/h1-22,32-33H,(H,37,41)(H,38,42)/t32-,33-/m1/s1. The molecule has 0 spiro atoms. The zero-order valence-corrected chi connectivity index (χ0v) is 24.8. The van der Waals surface area contributed by atoms with E-state index in [1.807, 2.05) is 0 Å². The Morgan fingerprint density at radius 3 is 1.32 bits per heavy atom. The lowest BCUT2D eigenvalue weighted by molar-refractivity contribution is 0.0892. The Balaban J connectivity index is 1.39. The van der Waals surface area contributed by atoms with Crippen LogP contribution in [0.3, 0.4) is 0 Å². The Kier molecular flexibility index (Phi) is 10.3. The van der Waals surface area contributed by atoms with Crippen LogP contribution in [-0.2, 0) is 0 Å². The van der Waals surface area contributed by atoms with E-state index in [2.05, 4.69) is 20.6 Å². The maximum Gasteiger partial charge on any atom is 0.252 e. The van der Waals surface area contributed by atoms with E-state index in [-0.39, 0.29) is 16.7 Å². The Bertz CT molecular complexity index is 1610. The van der Waals surface area contributed by atoms with E-state index >= 15 is 0 Å². The third-order valence-electron chi connectivity index (χ3n) is 6.26. The number of ketones is 2. The fourth-order valence-corrected chi connectivity index (χ4v) is 5.94. The summed E-state index contributed by atoms with van der Waals surface area (Å²) in [6.45, 7) is 0. The van der Waals surface area contributed by atoms with Gasteiger partial charge in [-0.1, -0.05) is 121 Å². The molecular weight excluding hydrogens is 593 g/mol. The van der Waals surface area contributed by atoms with Crippen molar-refractivity contribution in [1.29, 1.82) is 0 Å². The van der Waals surface area contributed by atoms with Gasteiger partial charge < -0.3 is 10.6 Å². The number of carbonyl (C=O) groups is 4. The van der Waals surface area contributed by atoms with Crippen LogP contribution in [0.25, 0.3) is 0 Å². The van der Waals surface area contributed by atoms with Crippen LogP contribution < -0.4 is 10.6 Å². The van der Waals surface area contributed by atoms with Crippen LogP contribution in [0.5, 0.6) is 0 Å². The SMILES string of the molecule is O=C(N[C@H](Sc1ccnc(S[C@@H](NC(=O)c2ccccc2)C(=O)c2ccccc2)n1)C(=O)c1ccccc1)c1ccccc1. The van der Waals surface area contributed by atoms with Gasteiger partial charge in [0.05, 0.1) is 0 Å². The van der Waals surface area contributed by atoms with Crippen LogP contribution in [0.15, 0.2) is 144 Å². The lowest BCUT2D eigenvalue weighted by Crippen LogP contribution is -2.39. The van der Waals surface area contributed by atoms with Gasteiger partial charge in [0, 0.05) is 28.5 Å². The molecule has 2 atom stereocenters. The van der Waals surface area contributed by atoms with E-state index in [4.69, 9.17) is 0 Å². The zero-order chi connectivity index (χ0) is 30.7. The van der Waals surface area contributed by atoms with Gasteiger partial charge in [0.15, 0.2) is 16.7 Å². The molecule has 218 valence electrons. The Morgan fingerprint density at radius 1 is 0.500 bits per heavy atom. The third kappa shape index (κ3) is 8.06. The molecule has 0 unspecified atom stereocenters. The van der Waals surface area contributed by atoms with Gasteiger partial charge in [0.2, 0.25) is 0 Å². The molecule has 0 aliphatic carbocycles. The summed E-state index contributed by atoms with van der Waals surface area (Å²) in [5.41, 5.74) is 1.66. The number of hydrogen-bond acceptors (Lipinski definition) is 8. The number of amides is 2. The van der Waals surface area contributed by atoms with E-state index < -0.39 is 22.6 Å². The smallest absolute Gasteiger partial charge is 0.252 e. The average Bonchev–Trinajstić information content (AvgIpc) is 3.08. The van der Waals surface area contributed by atoms with Gasteiger partial charge in [-0.05, 0) is 30.3 Å². The molecule has 4 aromatic carbocycles. The summed E-state index contributed by atoms with van der Waals surface area (Å²) in [4.78, 5) is 61.9. The Hall–Kier alpha value is -5.06. The molecule has 0 saturated carbocycles. The minimum atomic E-state index is -1.04. The van der Waals surface area contributed by atoms with Gasteiger partial charge in [-0.3, -0.25) is 19.2 Å². The summed E-state index contributed by atoms with van der Waals surface area (Å²) in [7, 11) is 0. The van der Waals surface area contributed by atoms with Crippen molar-refractivity contribution >= 4 is 46.9 Å². The van der Waals surface area contributed by atoms with E-state index in [1.165, 1.54) is 6.20 Å². The molecule has 0 fully saturated rings. The van der Waals surface area contributed by atoms with Crippen molar-refractivity contribution in [3.05, 3.63) is 156 Å². The van der Waals surface area contributed by atoms with Crippen molar-refractivity contribution < 1.29 is 19.2 Å². The van der Waals surface area contributed by atoms with Crippen LogP contribution in [0.1, 0.15) is 41.4 Å². The summed E-state index contributed by atoms with van der Waals surface area (Å²) in [6, 6.07) is 36.1. The highest BCUT2D eigenvalue weighted by molar-refractivity contribution is 8.01. The molecule has 44 heavy (non-hydrogen) atoms. The molecule has 8 nitrogen and oxygen atoms in total. The predicted octanol–water partition coefficient (Wildman–Crippen LogP) is 5.94. The monoisotopic (exact) mass is 618 g/mol. The van der Waals surface area contributed by atoms with Crippen molar-refractivity contribution in [2.75, 3.05) is 0 Å². The summed E-state index contributed by atoms with van der Waals surface area (Å²) in [5.74, 6) is -1.46. The second kappa shape index (κ2) is 14.9. The van der Waals surface area contributed by atoms with E-state index in [0.717, 1.165) is 23.5 Å². The molecule has 0 aliphatic rings. The first-order valence-corrected chi connectivity index (χ1v) is 15.3. The fourth-order valence-electron chi connectivity index (χ4n) is 4.06. The second-order valence-electron chi connectivity index (χ2n) is 9.31. The van der Waals surface area contributed by atoms with Gasteiger partial charge in [-0.15, -0.1) is 0 Å². The highest BCUT2D eigenvalue weighted by Crippen LogP contribution is 2.27. The molecule has 0 radical (unpaired) electrons. The minimum Gasteiger partial charge on any atom is -0.333 e. The minimum absolute atomic E-state index is 0.206. The van der Waals surface area contributed by atoms with Crippen LogP contribution in [0, 0.1) is 0 Å². The normalized spacial score (nSPS) is 12.0. The molecular formula is C34H26N4O4S2. The number of rotatable bonds is 12. The average molecular weight is 619 g/mol. The third-order valence-corrected chi connectivity index (χ3v) is 8.27. The summed E-state index contributed by atoms with van der Waals surface area (Å²) >= 11 is 2.04. The molecule has 10 heteroatoms. The largest absolute Gasteiger partial charge is 0.333 e. The van der Waals surface area contributed by atoms with Crippen molar-refractivity contribution in [2.45, 2.75) is 20.9 Å². The van der Waals surface area contributed by atoms with Crippen molar-refractivity contribution in [2.24, 2.45) is 0 Å².